The maximum absolute atomic E-state index is 12.4. The second-order valence-electron chi connectivity index (χ2n) is 5.92. The molecule has 1 aliphatic heterocycles. The van der Waals surface area contributed by atoms with Gasteiger partial charge < -0.3 is 4.90 Å². The fourth-order valence-electron chi connectivity index (χ4n) is 2.97. The number of hydrogen-bond acceptors (Lipinski definition) is 4. The maximum Gasteiger partial charge on any atom is 0.222 e. The van der Waals surface area contributed by atoms with E-state index in [0.29, 0.717) is 6.42 Å². The third-order valence-electron chi connectivity index (χ3n) is 4.16. The van der Waals surface area contributed by atoms with Crippen molar-refractivity contribution in [3.8, 4) is 0 Å². The second-order valence-corrected chi connectivity index (χ2v) is 5.92. The molecule has 2 aromatic heterocycles. The summed E-state index contributed by atoms with van der Waals surface area (Å²) in [7, 11) is 0. The molecule has 3 rings (SSSR count). The summed E-state index contributed by atoms with van der Waals surface area (Å²) < 4.78 is 0. The van der Waals surface area contributed by atoms with E-state index >= 15 is 0 Å². The normalized spacial score (nSPS) is 18.6. The van der Waals surface area contributed by atoms with Crippen molar-refractivity contribution >= 4 is 5.91 Å². The number of aryl methyl sites for hydroxylation is 2. The highest BCUT2D eigenvalue weighted by Gasteiger charge is 2.26. The van der Waals surface area contributed by atoms with Crippen molar-refractivity contribution in [2.45, 2.75) is 44.9 Å². The van der Waals surface area contributed by atoms with Crippen LogP contribution in [0.25, 0.3) is 0 Å². The molecule has 2 N–H and O–H groups in total. The molecule has 1 unspecified atom stereocenters. The van der Waals surface area contributed by atoms with Gasteiger partial charge in [-0.1, -0.05) is 0 Å². The van der Waals surface area contributed by atoms with Gasteiger partial charge in [-0.2, -0.15) is 10.2 Å². The van der Waals surface area contributed by atoms with Gasteiger partial charge in [-0.3, -0.25) is 15.0 Å². The van der Waals surface area contributed by atoms with Gasteiger partial charge in [0.15, 0.2) is 5.82 Å². The zero-order chi connectivity index (χ0) is 15.4. The molecule has 1 fully saturated rings. The Hall–Kier alpha value is -2.18. The van der Waals surface area contributed by atoms with Gasteiger partial charge in [0, 0.05) is 31.6 Å². The average molecular weight is 302 g/mol. The number of amides is 1. The Morgan fingerprint density at radius 3 is 3.14 bits per heavy atom. The highest BCUT2D eigenvalue weighted by atomic mass is 16.2. The van der Waals surface area contributed by atoms with Crippen LogP contribution in [0.3, 0.4) is 0 Å². The Balaban J connectivity index is 1.49. The number of rotatable bonds is 5. The number of H-pyrrole nitrogens is 2. The van der Waals surface area contributed by atoms with E-state index in [1.807, 2.05) is 24.2 Å². The van der Waals surface area contributed by atoms with Crippen LogP contribution in [0, 0.1) is 6.92 Å². The van der Waals surface area contributed by atoms with Gasteiger partial charge in [-0.25, -0.2) is 4.98 Å². The molecule has 3 heterocycles. The summed E-state index contributed by atoms with van der Waals surface area (Å²) in [5.74, 6) is 2.17. The van der Waals surface area contributed by atoms with Crippen molar-refractivity contribution in [2.75, 3.05) is 13.1 Å². The van der Waals surface area contributed by atoms with Gasteiger partial charge in [0.2, 0.25) is 5.91 Å². The first-order valence-corrected chi connectivity index (χ1v) is 7.86. The van der Waals surface area contributed by atoms with Crippen LogP contribution in [-0.2, 0) is 11.2 Å². The molecule has 0 saturated carbocycles. The van der Waals surface area contributed by atoms with Crippen LogP contribution in [0.5, 0.6) is 0 Å². The third kappa shape index (κ3) is 3.52. The lowest BCUT2D eigenvalue weighted by Gasteiger charge is -2.31. The number of carbonyl (C=O) groups is 1. The minimum atomic E-state index is 0.237. The summed E-state index contributed by atoms with van der Waals surface area (Å²) in [4.78, 5) is 18.7. The molecule has 1 atom stereocenters. The minimum absolute atomic E-state index is 0.237. The number of piperidine rings is 1. The van der Waals surface area contributed by atoms with Crippen molar-refractivity contribution in [1.82, 2.24) is 30.3 Å². The molecule has 2 aromatic rings. The highest BCUT2D eigenvalue weighted by molar-refractivity contribution is 5.76. The van der Waals surface area contributed by atoms with E-state index in [-0.39, 0.29) is 11.8 Å². The van der Waals surface area contributed by atoms with E-state index in [1.54, 1.807) is 0 Å². The molecule has 1 aliphatic rings. The molecule has 0 aliphatic carbocycles. The average Bonchev–Trinajstić information content (AvgIpc) is 3.19. The van der Waals surface area contributed by atoms with Gasteiger partial charge in [-0.05, 0) is 38.2 Å². The number of nitrogens with zero attached hydrogens (tertiary/aromatic N) is 4. The fourth-order valence-corrected chi connectivity index (χ4v) is 2.97. The Bertz CT molecular complexity index is 605. The van der Waals surface area contributed by atoms with Crippen LogP contribution in [0.2, 0.25) is 0 Å². The van der Waals surface area contributed by atoms with Crippen LogP contribution >= 0.6 is 0 Å². The highest BCUT2D eigenvalue weighted by Crippen LogP contribution is 2.25. The van der Waals surface area contributed by atoms with E-state index in [2.05, 4.69) is 25.4 Å². The van der Waals surface area contributed by atoms with Crippen LogP contribution in [0.4, 0.5) is 0 Å². The van der Waals surface area contributed by atoms with Gasteiger partial charge in [0.25, 0.3) is 0 Å². The van der Waals surface area contributed by atoms with Crippen molar-refractivity contribution in [1.29, 1.82) is 0 Å². The number of aromatic nitrogens is 5. The van der Waals surface area contributed by atoms with E-state index in [0.717, 1.165) is 56.0 Å². The van der Waals surface area contributed by atoms with Crippen molar-refractivity contribution < 1.29 is 4.79 Å². The molecular formula is C15H22N6O. The topological polar surface area (TPSA) is 90.6 Å². The lowest BCUT2D eigenvalue weighted by atomic mass is 9.97. The van der Waals surface area contributed by atoms with Crippen LogP contribution in [0.15, 0.2) is 12.4 Å². The molecule has 1 saturated heterocycles. The van der Waals surface area contributed by atoms with Crippen LogP contribution < -0.4 is 0 Å². The SMILES string of the molecule is Cc1nc(C2CCCN(C(=O)CCCc3cn[nH]c3)C2)n[nH]1. The molecule has 0 radical (unpaired) electrons. The number of aromatic amines is 2. The minimum Gasteiger partial charge on any atom is -0.342 e. The smallest absolute Gasteiger partial charge is 0.222 e. The fraction of sp³-hybridized carbons (Fsp3) is 0.600. The molecular weight excluding hydrogens is 280 g/mol. The van der Waals surface area contributed by atoms with Crippen LogP contribution in [0.1, 0.15) is 48.8 Å². The molecule has 0 aromatic carbocycles. The van der Waals surface area contributed by atoms with Gasteiger partial charge >= 0.3 is 0 Å². The quantitative estimate of drug-likeness (QED) is 0.877. The Morgan fingerprint density at radius 2 is 2.41 bits per heavy atom. The first-order chi connectivity index (χ1) is 10.7. The Labute approximate surface area is 129 Å². The number of hydrogen-bond donors (Lipinski definition) is 2. The molecule has 118 valence electrons. The van der Waals surface area contributed by atoms with Crippen molar-refractivity contribution in [2.24, 2.45) is 0 Å². The van der Waals surface area contributed by atoms with Crippen molar-refractivity contribution in [3.63, 3.8) is 0 Å². The zero-order valence-corrected chi connectivity index (χ0v) is 12.9. The first kappa shape index (κ1) is 14.7. The summed E-state index contributed by atoms with van der Waals surface area (Å²) in [5, 5.41) is 13.8. The summed E-state index contributed by atoms with van der Waals surface area (Å²) in [5.41, 5.74) is 1.15. The second kappa shape index (κ2) is 6.72. The number of carbonyl (C=O) groups excluding carboxylic acids is 1. The molecule has 0 spiro atoms. The van der Waals surface area contributed by atoms with Gasteiger partial charge in [0.1, 0.15) is 5.82 Å². The van der Waals surface area contributed by atoms with Crippen molar-refractivity contribution in [3.05, 3.63) is 29.6 Å². The largest absolute Gasteiger partial charge is 0.342 e. The molecule has 0 bridgehead atoms. The number of nitrogens with one attached hydrogen (secondary N) is 2. The summed E-state index contributed by atoms with van der Waals surface area (Å²) in [6.45, 7) is 3.49. The zero-order valence-electron chi connectivity index (χ0n) is 12.9. The Morgan fingerprint density at radius 1 is 1.50 bits per heavy atom. The summed E-state index contributed by atoms with van der Waals surface area (Å²) in [6, 6.07) is 0. The summed E-state index contributed by atoms with van der Waals surface area (Å²) >= 11 is 0. The van der Waals surface area contributed by atoms with Crippen LogP contribution in [-0.4, -0.2) is 49.3 Å². The molecule has 7 heteroatoms. The maximum atomic E-state index is 12.4. The van der Waals surface area contributed by atoms with E-state index < -0.39 is 0 Å². The first-order valence-electron chi connectivity index (χ1n) is 7.86. The predicted molar refractivity (Wildman–Crippen MR) is 81.2 cm³/mol. The molecule has 1 amide bonds. The predicted octanol–water partition coefficient (Wildman–Crippen LogP) is 1.57. The standard InChI is InChI=1S/C15H22N6O/c1-11-18-15(20-19-11)13-5-3-7-21(10-13)14(22)6-2-4-12-8-16-17-9-12/h8-9,13H,2-7,10H2,1H3,(H,16,17)(H,18,19,20). The van der Waals surface area contributed by atoms with E-state index in [9.17, 15) is 4.79 Å². The lowest BCUT2D eigenvalue weighted by Crippen LogP contribution is -2.39. The summed E-state index contributed by atoms with van der Waals surface area (Å²) in [6.07, 6.45) is 8.10. The van der Waals surface area contributed by atoms with E-state index in [1.165, 1.54) is 0 Å². The number of likely N-dealkylation sites (tertiary alicyclic amines) is 1. The monoisotopic (exact) mass is 302 g/mol. The van der Waals surface area contributed by atoms with Gasteiger partial charge in [-0.15, -0.1) is 0 Å². The molecule has 22 heavy (non-hydrogen) atoms. The third-order valence-corrected chi connectivity index (χ3v) is 4.16. The van der Waals surface area contributed by atoms with Gasteiger partial charge in [0.05, 0.1) is 6.20 Å². The Kier molecular flexibility index (Phi) is 4.50. The van der Waals surface area contributed by atoms with E-state index in [4.69, 9.17) is 0 Å². The lowest BCUT2D eigenvalue weighted by molar-refractivity contribution is -0.132. The molecule has 7 nitrogen and oxygen atoms in total.